The van der Waals surface area contributed by atoms with Crippen molar-refractivity contribution in [3.8, 4) is 5.75 Å². The maximum atomic E-state index is 9.30. The van der Waals surface area contributed by atoms with Crippen molar-refractivity contribution >= 4 is 17.1 Å². The van der Waals surface area contributed by atoms with Crippen LogP contribution in [0.2, 0.25) is 0 Å². The Morgan fingerprint density at radius 1 is 1.00 bits per heavy atom. The fraction of sp³-hybridized carbons (Fsp3) is 0.143. The molecule has 0 amide bonds. The summed E-state index contributed by atoms with van der Waals surface area (Å²) in [5.74, 6) is 0.241. The maximum Gasteiger partial charge on any atom is 0.115 e. The van der Waals surface area contributed by atoms with Gasteiger partial charge in [0, 0.05) is 12.7 Å². The van der Waals surface area contributed by atoms with Crippen LogP contribution in [0.1, 0.15) is 5.56 Å². The molecule has 0 atom stereocenters. The van der Waals surface area contributed by atoms with E-state index >= 15 is 0 Å². The van der Waals surface area contributed by atoms with Gasteiger partial charge in [0.15, 0.2) is 0 Å². The zero-order valence-corrected chi connectivity index (χ0v) is 10.4. The molecule has 0 saturated carbocycles. The Morgan fingerprint density at radius 3 is 2.33 bits per heavy atom. The maximum absolute atomic E-state index is 9.30. The van der Waals surface area contributed by atoms with E-state index in [-0.39, 0.29) is 5.75 Å². The van der Waals surface area contributed by atoms with E-state index in [9.17, 15) is 5.11 Å². The van der Waals surface area contributed by atoms with Crippen LogP contribution in [0.15, 0.2) is 52.7 Å². The Kier molecular flexibility index (Phi) is 3.57. The summed E-state index contributed by atoms with van der Waals surface area (Å²) in [5, 5.41) is 20.7. The molecule has 0 aliphatic heterocycles. The molecule has 0 unspecified atom stereocenters. The van der Waals surface area contributed by atoms with Crippen molar-refractivity contribution in [1.29, 1.82) is 0 Å². The first kappa shape index (κ1) is 12.1. The Hall–Kier alpha value is -2.36. The van der Waals surface area contributed by atoms with E-state index in [1.807, 2.05) is 38.2 Å². The van der Waals surface area contributed by atoms with E-state index in [1.165, 1.54) is 0 Å². The predicted octanol–water partition coefficient (Wildman–Crippen LogP) is 4.16. The number of anilines is 1. The normalized spacial score (nSPS) is 10.8. The number of phenols is 1. The minimum absolute atomic E-state index is 0.241. The highest BCUT2D eigenvalue weighted by Crippen LogP contribution is 2.25. The third kappa shape index (κ3) is 2.85. The van der Waals surface area contributed by atoms with Crippen LogP contribution < -0.4 is 5.32 Å². The number of hydrogen-bond acceptors (Lipinski definition) is 4. The molecule has 0 spiro atoms. The van der Waals surface area contributed by atoms with Gasteiger partial charge in [-0.05, 0) is 55.0 Å². The quantitative estimate of drug-likeness (QED) is 0.793. The molecule has 2 N–H and O–H groups in total. The van der Waals surface area contributed by atoms with Gasteiger partial charge in [-0.25, -0.2) is 0 Å². The Morgan fingerprint density at radius 2 is 1.72 bits per heavy atom. The van der Waals surface area contributed by atoms with Crippen LogP contribution in [0.5, 0.6) is 5.75 Å². The predicted molar refractivity (Wildman–Crippen MR) is 73.0 cm³/mol. The Balaban J connectivity index is 2.19. The molecule has 0 fully saturated rings. The van der Waals surface area contributed by atoms with Gasteiger partial charge >= 0.3 is 0 Å². The molecular weight excluding hydrogens is 226 g/mol. The van der Waals surface area contributed by atoms with Crippen LogP contribution in [0.3, 0.4) is 0 Å². The molecule has 92 valence electrons. The summed E-state index contributed by atoms with van der Waals surface area (Å²) in [5.41, 5.74) is 3.48. The number of rotatable bonds is 3. The topological polar surface area (TPSA) is 57.0 Å². The zero-order chi connectivity index (χ0) is 13.0. The van der Waals surface area contributed by atoms with Crippen molar-refractivity contribution in [2.75, 3.05) is 12.4 Å². The number of nitrogens with one attached hydrogen (secondary N) is 1. The lowest BCUT2D eigenvalue weighted by molar-refractivity contribution is 0.475. The van der Waals surface area contributed by atoms with Crippen molar-refractivity contribution in [3.63, 3.8) is 0 Å². The van der Waals surface area contributed by atoms with Crippen molar-refractivity contribution in [2.24, 2.45) is 10.2 Å². The monoisotopic (exact) mass is 241 g/mol. The lowest BCUT2D eigenvalue weighted by Crippen LogP contribution is -1.85. The molecule has 0 radical (unpaired) electrons. The molecule has 0 heterocycles. The van der Waals surface area contributed by atoms with E-state index in [0.29, 0.717) is 0 Å². The summed E-state index contributed by atoms with van der Waals surface area (Å²) in [6, 6.07) is 12.7. The van der Waals surface area contributed by atoms with Crippen LogP contribution in [-0.4, -0.2) is 12.2 Å². The van der Waals surface area contributed by atoms with Crippen molar-refractivity contribution in [3.05, 3.63) is 48.0 Å². The van der Waals surface area contributed by atoms with Crippen LogP contribution in [0, 0.1) is 6.92 Å². The second-order valence-electron chi connectivity index (χ2n) is 3.97. The highest BCUT2D eigenvalue weighted by molar-refractivity contribution is 5.52. The van der Waals surface area contributed by atoms with Crippen molar-refractivity contribution in [1.82, 2.24) is 0 Å². The highest BCUT2D eigenvalue weighted by Gasteiger charge is 1.97. The molecule has 0 aliphatic carbocycles. The van der Waals surface area contributed by atoms with Gasteiger partial charge in [-0.2, -0.15) is 10.2 Å². The highest BCUT2D eigenvalue weighted by atomic mass is 16.3. The average Bonchev–Trinajstić information content (AvgIpc) is 2.38. The smallest absolute Gasteiger partial charge is 0.115 e. The molecule has 0 aliphatic rings. The van der Waals surface area contributed by atoms with Gasteiger partial charge < -0.3 is 10.4 Å². The molecule has 0 aromatic heterocycles. The van der Waals surface area contributed by atoms with E-state index in [2.05, 4.69) is 15.5 Å². The number of phenolic OH excluding ortho intramolecular Hbond substituents is 1. The molecular formula is C14H15N3O. The second kappa shape index (κ2) is 5.31. The first-order chi connectivity index (χ1) is 8.69. The molecule has 2 aromatic rings. The fourth-order valence-electron chi connectivity index (χ4n) is 1.56. The molecule has 2 rings (SSSR count). The van der Waals surface area contributed by atoms with Gasteiger partial charge in [-0.15, -0.1) is 0 Å². The Labute approximate surface area is 106 Å². The van der Waals surface area contributed by atoms with E-state index in [4.69, 9.17) is 0 Å². The number of nitrogens with zero attached hydrogens (tertiary/aromatic N) is 2. The molecule has 2 aromatic carbocycles. The standard InChI is InChI=1S/C14H15N3O/c1-10-9-13(18)7-8-14(10)17-16-12-5-3-11(15-2)4-6-12/h3-9,15,18H,1-2H3. The fourth-order valence-corrected chi connectivity index (χ4v) is 1.56. The van der Waals surface area contributed by atoms with Crippen LogP contribution in [0.4, 0.5) is 17.1 Å². The number of aromatic hydroxyl groups is 1. The number of hydrogen-bond donors (Lipinski definition) is 2. The average molecular weight is 241 g/mol. The third-order valence-corrected chi connectivity index (χ3v) is 2.61. The third-order valence-electron chi connectivity index (χ3n) is 2.61. The first-order valence-electron chi connectivity index (χ1n) is 5.68. The molecule has 18 heavy (non-hydrogen) atoms. The van der Waals surface area contributed by atoms with Gasteiger partial charge in [0.05, 0.1) is 11.4 Å². The lowest BCUT2D eigenvalue weighted by Gasteiger charge is -2.00. The van der Waals surface area contributed by atoms with Gasteiger partial charge in [0.1, 0.15) is 5.75 Å². The summed E-state index contributed by atoms with van der Waals surface area (Å²) in [6.07, 6.45) is 0. The molecule has 0 bridgehead atoms. The second-order valence-corrected chi connectivity index (χ2v) is 3.97. The number of benzene rings is 2. The van der Waals surface area contributed by atoms with Crippen LogP contribution in [0.25, 0.3) is 0 Å². The van der Waals surface area contributed by atoms with Gasteiger partial charge in [-0.1, -0.05) is 0 Å². The van der Waals surface area contributed by atoms with E-state index in [1.54, 1.807) is 18.2 Å². The molecule has 4 nitrogen and oxygen atoms in total. The van der Waals surface area contributed by atoms with Gasteiger partial charge in [-0.3, -0.25) is 0 Å². The van der Waals surface area contributed by atoms with E-state index < -0.39 is 0 Å². The largest absolute Gasteiger partial charge is 0.508 e. The Bertz CT molecular complexity index is 562. The van der Waals surface area contributed by atoms with Crippen molar-refractivity contribution < 1.29 is 5.11 Å². The van der Waals surface area contributed by atoms with Gasteiger partial charge in [0.25, 0.3) is 0 Å². The minimum atomic E-state index is 0.241. The molecule has 4 heteroatoms. The summed E-state index contributed by atoms with van der Waals surface area (Å²) in [7, 11) is 1.87. The summed E-state index contributed by atoms with van der Waals surface area (Å²) in [4.78, 5) is 0. The van der Waals surface area contributed by atoms with E-state index in [0.717, 1.165) is 22.6 Å². The van der Waals surface area contributed by atoms with Gasteiger partial charge in [0.2, 0.25) is 0 Å². The van der Waals surface area contributed by atoms with Crippen LogP contribution >= 0.6 is 0 Å². The minimum Gasteiger partial charge on any atom is -0.508 e. The number of azo groups is 1. The number of aryl methyl sites for hydroxylation is 1. The first-order valence-corrected chi connectivity index (χ1v) is 5.68. The summed E-state index contributed by atoms with van der Waals surface area (Å²) < 4.78 is 0. The lowest BCUT2D eigenvalue weighted by atomic mass is 10.2. The SMILES string of the molecule is CNc1ccc(N=Nc2ccc(O)cc2C)cc1. The summed E-state index contributed by atoms with van der Waals surface area (Å²) in [6.45, 7) is 1.89. The van der Waals surface area contributed by atoms with Crippen LogP contribution in [-0.2, 0) is 0 Å². The van der Waals surface area contributed by atoms with Crippen molar-refractivity contribution in [2.45, 2.75) is 6.92 Å². The molecule has 0 saturated heterocycles. The zero-order valence-electron chi connectivity index (χ0n) is 10.4. The summed E-state index contributed by atoms with van der Waals surface area (Å²) >= 11 is 0.